The summed E-state index contributed by atoms with van der Waals surface area (Å²) in [6.07, 6.45) is 1.96. The molecule has 8 heteroatoms. The first-order chi connectivity index (χ1) is 9.08. The topological polar surface area (TPSA) is 93.8 Å². The van der Waals surface area contributed by atoms with Gasteiger partial charge in [-0.15, -0.1) is 5.10 Å². The highest BCUT2D eigenvalue weighted by atomic mass is 35.5. The second-order valence-corrected chi connectivity index (χ2v) is 4.55. The lowest BCUT2D eigenvalue weighted by molar-refractivity contribution is -0.141. The zero-order valence-corrected chi connectivity index (χ0v) is 10.9. The maximum Gasteiger partial charge on any atom is 0.306 e. The number of tetrazole rings is 1. The molecule has 0 aromatic carbocycles. The Kier molecular flexibility index (Phi) is 4.06. The first-order valence-electron chi connectivity index (χ1n) is 5.69. The van der Waals surface area contributed by atoms with Gasteiger partial charge in [-0.05, 0) is 29.0 Å². The van der Waals surface area contributed by atoms with Crippen molar-refractivity contribution in [3.8, 4) is 11.5 Å². The average Bonchev–Trinajstić information content (AvgIpc) is 2.85. The van der Waals surface area contributed by atoms with Gasteiger partial charge >= 0.3 is 5.97 Å². The van der Waals surface area contributed by atoms with Gasteiger partial charge in [0.15, 0.2) is 0 Å². The van der Waals surface area contributed by atoms with Crippen molar-refractivity contribution >= 4 is 17.6 Å². The van der Waals surface area contributed by atoms with Gasteiger partial charge in [-0.2, -0.15) is 0 Å². The molecule has 0 amide bonds. The lowest BCUT2D eigenvalue weighted by atomic mass is 10.1. The van der Waals surface area contributed by atoms with Gasteiger partial charge in [-0.3, -0.25) is 9.78 Å². The molecule has 1 unspecified atom stereocenters. The Morgan fingerprint density at radius 1 is 1.53 bits per heavy atom. The van der Waals surface area contributed by atoms with Crippen molar-refractivity contribution in [1.82, 2.24) is 25.2 Å². The van der Waals surface area contributed by atoms with Crippen molar-refractivity contribution in [3.63, 3.8) is 0 Å². The van der Waals surface area contributed by atoms with Gasteiger partial charge in [0.2, 0.25) is 5.82 Å². The van der Waals surface area contributed by atoms with E-state index in [9.17, 15) is 4.79 Å². The van der Waals surface area contributed by atoms with Crippen LogP contribution in [0.4, 0.5) is 0 Å². The molecule has 0 spiro atoms. The zero-order valence-electron chi connectivity index (χ0n) is 10.2. The van der Waals surface area contributed by atoms with Gasteiger partial charge in [0.05, 0.1) is 10.9 Å². The predicted octanol–water partition coefficient (Wildman–Crippen LogP) is 1.50. The van der Waals surface area contributed by atoms with E-state index >= 15 is 0 Å². The summed E-state index contributed by atoms with van der Waals surface area (Å²) in [4.78, 5) is 14.9. The Hall–Kier alpha value is -2.02. The van der Waals surface area contributed by atoms with E-state index in [4.69, 9.17) is 16.7 Å². The van der Waals surface area contributed by atoms with Gasteiger partial charge in [-0.1, -0.05) is 18.5 Å². The lowest BCUT2D eigenvalue weighted by Gasteiger charge is -2.07. The van der Waals surface area contributed by atoms with E-state index in [1.165, 1.54) is 10.9 Å². The number of pyridine rings is 1. The molecule has 2 heterocycles. The Morgan fingerprint density at radius 2 is 2.32 bits per heavy atom. The summed E-state index contributed by atoms with van der Waals surface area (Å²) in [6.45, 7) is 2.06. The minimum Gasteiger partial charge on any atom is -0.481 e. The van der Waals surface area contributed by atoms with Crippen LogP contribution in [0.3, 0.4) is 0 Å². The van der Waals surface area contributed by atoms with Crippen LogP contribution in [0.5, 0.6) is 0 Å². The average molecular weight is 282 g/mol. The summed E-state index contributed by atoms with van der Waals surface area (Å²) in [5.74, 6) is -0.788. The smallest absolute Gasteiger partial charge is 0.306 e. The van der Waals surface area contributed by atoms with Crippen LogP contribution in [-0.2, 0) is 11.3 Å². The third-order valence-electron chi connectivity index (χ3n) is 2.68. The van der Waals surface area contributed by atoms with Crippen LogP contribution in [0.15, 0.2) is 18.3 Å². The molecule has 19 heavy (non-hydrogen) atoms. The van der Waals surface area contributed by atoms with E-state index in [0.717, 1.165) is 0 Å². The first-order valence-corrected chi connectivity index (χ1v) is 6.06. The molecule has 2 aromatic heterocycles. The minimum atomic E-state index is -0.834. The molecule has 1 N–H and O–H groups in total. The van der Waals surface area contributed by atoms with Crippen molar-refractivity contribution in [2.24, 2.45) is 5.92 Å². The molecule has 0 saturated heterocycles. The standard InChI is InChI=1S/C11H12ClN5O2/c1-7(11(18)19)4-5-17-10(14-15-16-17)9-3-2-8(12)6-13-9/h2-3,6-7H,4-5H2,1H3,(H,18,19). The number of rotatable bonds is 5. The number of carboxylic acids is 1. The van der Waals surface area contributed by atoms with E-state index in [1.54, 1.807) is 19.1 Å². The third-order valence-corrected chi connectivity index (χ3v) is 2.91. The number of aliphatic carboxylic acids is 1. The molecule has 0 bridgehead atoms. The van der Waals surface area contributed by atoms with E-state index in [-0.39, 0.29) is 0 Å². The molecule has 0 saturated carbocycles. The van der Waals surface area contributed by atoms with E-state index in [2.05, 4.69) is 20.5 Å². The molecule has 100 valence electrons. The normalized spacial score (nSPS) is 12.3. The van der Waals surface area contributed by atoms with E-state index in [1.807, 2.05) is 0 Å². The maximum atomic E-state index is 10.8. The Morgan fingerprint density at radius 3 is 2.95 bits per heavy atom. The molecule has 0 radical (unpaired) electrons. The summed E-state index contributed by atoms with van der Waals surface area (Å²) in [7, 11) is 0. The summed E-state index contributed by atoms with van der Waals surface area (Å²) >= 11 is 5.76. The quantitative estimate of drug-likeness (QED) is 0.892. The van der Waals surface area contributed by atoms with Crippen molar-refractivity contribution in [1.29, 1.82) is 0 Å². The number of hydrogen-bond donors (Lipinski definition) is 1. The van der Waals surface area contributed by atoms with Crippen LogP contribution in [0.25, 0.3) is 11.5 Å². The fourth-order valence-corrected chi connectivity index (χ4v) is 1.60. The zero-order chi connectivity index (χ0) is 13.8. The Balaban J connectivity index is 2.14. The predicted molar refractivity (Wildman–Crippen MR) is 67.5 cm³/mol. The summed E-state index contributed by atoms with van der Waals surface area (Å²) < 4.78 is 1.54. The van der Waals surface area contributed by atoms with Gasteiger partial charge in [0, 0.05) is 12.7 Å². The molecule has 0 aliphatic heterocycles. The molecule has 0 aliphatic rings. The van der Waals surface area contributed by atoms with Crippen LogP contribution in [-0.4, -0.2) is 36.3 Å². The number of carbonyl (C=O) groups is 1. The maximum absolute atomic E-state index is 10.8. The first kappa shape index (κ1) is 13.4. The fraction of sp³-hybridized carbons (Fsp3) is 0.364. The highest BCUT2D eigenvalue weighted by molar-refractivity contribution is 6.30. The van der Waals surface area contributed by atoms with E-state index in [0.29, 0.717) is 29.5 Å². The second kappa shape index (κ2) is 5.75. The number of carboxylic acid groups (broad SMARTS) is 1. The van der Waals surface area contributed by atoms with Crippen LogP contribution >= 0.6 is 11.6 Å². The molecule has 1 atom stereocenters. The van der Waals surface area contributed by atoms with Gasteiger partial charge in [0.25, 0.3) is 0 Å². The van der Waals surface area contributed by atoms with Crippen LogP contribution in [0.2, 0.25) is 5.02 Å². The molecular formula is C11H12ClN5O2. The van der Waals surface area contributed by atoms with Crippen molar-refractivity contribution < 1.29 is 9.90 Å². The molecule has 0 fully saturated rings. The summed E-state index contributed by atoms with van der Waals surface area (Å²) in [5, 5.41) is 20.7. The number of aryl methyl sites for hydroxylation is 1. The summed E-state index contributed by atoms with van der Waals surface area (Å²) in [5.41, 5.74) is 0.595. The van der Waals surface area contributed by atoms with Crippen molar-refractivity contribution in [2.75, 3.05) is 0 Å². The number of halogens is 1. The Labute approximate surface area is 114 Å². The number of nitrogens with zero attached hydrogens (tertiary/aromatic N) is 5. The second-order valence-electron chi connectivity index (χ2n) is 4.12. The third kappa shape index (κ3) is 3.25. The molecule has 2 rings (SSSR count). The molecular weight excluding hydrogens is 270 g/mol. The van der Waals surface area contributed by atoms with Crippen LogP contribution < -0.4 is 0 Å². The Bertz CT molecular complexity index is 569. The molecule has 2 aromatic rings. The van der Waals surface area contributed by atoms with Gasteiger partial charge in [-0.25, -0.2) is 4.68 Å². The minimum absolute atomic E-state index is 0.417. The fourth-order valence-electron chi connectivity index (χ4n) is 1.49. The number of aromatic nitrogens is 5. The highest BCUT2D eigenvalue weighted by Crippen LogP contribution is 2.16. The lowest BCUT2D eigenvalue weighted by Crippen LogP contribution is -2.14. The summed E-state index contributed by atoms with van der Waals surface area (Å²) in [6, 6.07) is 3.41. The SMILES string of the molecule is CC(CCn1nnnc1-c1ccc(Cl)cn1)C(=O)O. The highest BCUT2D eigenvalue weighted by Gasteiger charge is 2.14. The van der Waals surface area contributed by atoms with Crippen molar-refractivity contribution in [2.45, 2.75) is 19.9 Å². The van der Waals surface area contributed by atoms with Crippen molar-refractivity contribution in [3.05, 3.63) is 23.4 Å². The van der Waals surface area contributed by atoms with Gasteiger partial charge < -0.3 is 5.11 Å². The molecule has 0 aliphatic carbocycles. The monoisotopic (exact) mass is 281 g/mol. The molecule has 7 nitrogen and oxygen atoms in total. The van der Waals surface area contributed by atoms with Crippen LogP contribution in [0.1, 0.15) is 13.3 Å². The van der Waals surface area contributed by atoms with Gasteiger partial charge in [0.1, 0.15) is 5.69 Å². The largest absolute Gasteiger partial charge is 0.481 e. The van der Waals surface area contributed by atoms with E-state index < -0.39 is 11.9 Å². The van der Waals surface area contributed by atoms with Crippen LogP contribution in [0, 0.1) is 5.92 Å². The number of hydrogen-bond acceptors (Lipinski definition) is 5.